The van der Waals surface area contributed by atoms with Gasteiger partial charge in [0.25, 0.3) is 0 Å². The van der Waals surface area contributed by atoms with Crippen LogP contribution in [0.3, 0.4) is 0 Å². The van der Waals surface area contributed by atoms with E-state index in [0.717, 1.165) is 23.3 Å². The van der Waals surface area contributed by atoms with Gasteiger partial charge in [0.05, 0.1) is 25.0 Å². The minimum absolute atomic E-state index is 0. The van der Waals surface area contributed by atoms with Gasteiger partial charge in [-0.3, -0.25) is 4.99 Å². The van der Waals surface area contributed by atoms with Gasteiger partial charge in [-0.25, -0.2) is 4.98 Å². The quantitative estimate of drug-likeness (QED) is 0.436. The first kappa shape index (κ1) is 19.3. The molecule has 23 heavy (non-hydrogen) atoms. The van der Waals surface area contributed by atoms with E-state index in [0.29, 0.717) is 13.1 Å². The molecule has 2 heterocycles. The van der Waals surface area contributed by atoms with Crippen molar-refractivity contribution in [3.8, 4) is 0 Å². The fraction of sp³-hybridized carbons (Fsp3) is 0.500. The molecule has 0 amide bonds. The van der Waals surface area contributed by atoms with Gasteiger partial charge in [-0.15, -0.1) is 24.0 Å². The molecule has 2 aromatic rings. The lowest BCUT2D eigenvalue weighted by Gasteiger charge is -2.21. The summed E-state index contributed by atoms with van der Waals surface area (Å²) >= 11 is 0. The van der Waals surface area contributed by atoms with E-state index in [-0.39, 0.29) is 24.0 Å². The van der Waals surface area contributed by atoms with Crippen LogP contribution < -0.4 is 10.2 Å². The van der Waals surface area contributed by atoms with Crippen LogP contribution in [0.5, 0.6) is 0 Å². The molecule has 0 saturated carbocycles. The van der Waals surface area contributed by atoms with Crippen molar-refractivity contribution in [2.75, 3.05) is 33.1 Å². The van der Waals surface area contributed by atoms with Gasteiger partial charge >= 0.3 is 0 Å². The molecule has 2 rings (SSSR count). The summed E-state index contributed by atoms with van der Waals surface area (Å²) in [6.07, 6.45) is 3.44. The lowest BCUT2D eigenvalue weighted by Crippen LogP contribution is -2.38. The molecule has 0 aliphatic rings. The molecule has 0 saturated heterocycles. The lowest BCUT2D eigenvalue weighted by molar-refractivity contribution is 0.391. The van der Waals surface area contributed by atoms with Gasteiger partial charge < -0.3 is 24.2 Å². The Labute approximate surface area is 153 Å². The van der Waals surface area contributed by atoms with Crippen LogP contribution in [0.15, 0.2) is 28.0 Å². The number of rotatable bonds is 5. The molecule has 0 aliphatic carbocycles. The van der Waals surface area contributed by atoms with Crippen LogP contribution in [0.4, 0.5) is 5.95 Å². The van der Waals surface area contributed by atoms with Gasteiger partial charge in [0.15, 0.2) is 5.96 Å². The zero-order valence-corrected chi connectivity index (χ0v) is 16.5. The second-order valence-corrected chi connectivity index (χ2v) is 5.25. The maximum Gasteiger partial charge on any atom is 0.204 e. The van der Waals surface area contributed by atoms with E-state index in [4.69, 9.17) is 4.52 Å². The molecule has 0 spiro atoms. The summed E-state index contributed by atoms with van der Waals surface area (Å²) in [6.45, 7) is 1.28. The molecular formula is C14H24IN7O. The number of imidazole rings is 1. The summed E-state index contributed by atoms with van der Waals surface area (Å²) in [4.78, 5) is 12.7. The van der Waals surface area contributed by atoms with E-state index in [9.17, 15) is 0 Å². The lowest BCUT2D eigenvalue weighted by atomic mass is 10.4. The summed E-state index contributed by atoms with van der Waals surface area (Å²) in [6, 6.07) is 1.84. The van der Waals surface area contributed by atoms with Gasteiger partial charge in [0, 0.05) is 41.3 Å². The van der Waals surface area contributed by atoms with E-state index < -0.39 is 0 Å². The molecule has 0 atom stereocenters. The van der Waals surface area contributed by atoms with Crippen LogP contribution in [0.2, 0.25) is 0 Å². The van der Waals surface area contributed by atoms with E-state index in [2.05, 4.69) is 25.0 Å². The topological polar surface area (TPSA) is 74.7 Å². The summed E-state index contributed by atoms with van der Waals surface area (Å²) in [5, 5.41) is 7.24. The van der Waals surface area contributed by atoms with E-state index in [1.165, 1.54) is 0 Å². The summed E-state index contributed by atoms with van der Waals surface area (Å²) in [5.74, 6) is 1.71. The van der Waals surface area contributed by atoms with Crippen LogP contribution in [-0.2, 0) is 20.1 Å². The summed E-state index contributed by atoms with van der Waals surface area (Å²) < 4.78 is 6.90. The fourth-order valence-corrected chi connectivity index (χ4v) is 2.20. The molecular weight excluding hydrogens is 409 g/mol. The van der Waals surface area contributed by atoms with Crippen molar-refractivity contribution >= 4 is 35.9 Å². The average molecular weight is 433 g/mol. The van der Waals surface area contributed by atoms with Gasteiger partial charge in [-0.1, -0.05) is 5.16 Å². The number of halogens is 1. The third-order valence-electron chi connectivity index (χ3n) is 3.35. The first-order chi connectivity index (χ1) is 10.5. The molecule has 8 nitrogen and oxygen atoms in total. The average Bonchev–Trinajstić information content (AvgIpc) is 3.10. The molecule has 1 N–H and O–H groups in total. The molecule has 0 aromatic carbocycles. The van der Waals surface area contributed by atoms with Crippen LogP contribution in [0.1, 0.15) is 11.4 Å². The van der Waals surface area contributed by atoms with Crippen molar-refractivity contribution in [1.29, 1.82) is 0 Å². The van der Waals surface area contributed by atoms with E-state index in [1.54, 1.807) is 13.3 Å². The van der Waals surface area contributed by atoms with Crippen molar-refractivity contribution in [2.24, 2.45) is 12.0 Å². The van der Waals surface area contributed by atoms with Gasteiger partial charge in [0.2, 0.25) is 5.95 Å². The summed E-state index contributed by atoms with van der Waals surface area (Å²) in [7, 11) is 9.67. The number of hydrogen-bond donors (Lipinski definition) is 1. The Bertz CT molecular complexity index is 621. The summed E-state index contributed by atoms with van der Waals surface area (Å²) in [5.41, 5.74) is 1.94. The number of anilines is 1. The molecule has 0 fully saturated rings. The monoisotopic (exact) mass is 433 g/mol. The van der Waals surface area contributed by atoms with E-state index in [1.807, 2.05) is 50.3 Å². The maximum atomic E-state index is 4.85. The predicted octanol–water partition coefficient (Wildman–Crippen LogP) is 1.30. The standard InChI is InChI=1S/C14H23N7O.HI/c1-15-13(20(4)10-11-6-7-22-18-11)16-8-12-9-17-14(19(2)3)21(12)5;/h6-7,9H,8,10H2,1-5H3,(H,15,16);1H. The fourth-order valence-electron chi connectivity index (χ4n) is 2.20. The molecule has 128 valence electrons. The number of hydrogen-bond acceptors (Lipinski definition) is 5. The highest BCUT2D eigenvalue weighted by atomic mass is 127. The highest BCUT2D eigenvalue weighted by molar-refractivity contribution is 14.0. The van der Waals surface area contributed by atoms with E-state index >= 15 is 0 Å². The molecule has 0 bridgehead atoms. The van der Waals surface area contributed by atoms with Crippen molar-refractivity contribution in [3.63, 3.8) is 0 Å². The third kappa shape index (κ3) is 4.85. The molecule has 2 aromatic heterocycles. The van der Waals surface area contributed by atoms with Crippen LogP contribution in [0.25, 0.3) is 0 Å². The Balaban J connectivity index is 0.00000264. The van der Waals surface area contributed by atoms with Crippen LogP contribution in [0, 0.1) is 0 Å². The normalized spacial score (nSPS) is 11.1. The highest BCUT2D eigenvalue weighted by Gasteiger charge is 2.11. The number of aliphatic imine (C=N–C) groups is 1. The highest BCUT2D eigenvalue weighted by Crippen LogP contribution is 2.10. The zero-order chi connectivity index (χ0) is 16.1. The molecule has 0 aliphatic heterocycles. The first-order valence-corrected chi connectivity index (χ1v) is 7.02. The second kappa shape index (κ2) is 8.75. The largest absolute Gasteiger partial charge is 0.364 e. The van der Waals surface area contributed by atoms with Crippen molar-refractivity contribution in [3.05, 3.63) is 29.9 Å². The predicted molar refractivity (Wildman–Crippen MR) is 101 cm³/mol. The number of aromatic nitrogens is 3. The van der Waals surface area contributed by atoms with Crippen molar-refractivity contribution in [2.45, 2.75) is 13.1 Å². The van der Waals surface area contributed by atoms with Crippen molar-refractivity contribution < 1.29 is 4.52 Å². The number of guanidine groups is 1. The Morgan fingerprint density at radius 1 is 1.39 bits per heavy atom. The van der Waals surface area contributed by atoms with Crippen molar-refractivity contribution in [1.82, 2.24) is 24.9 Å². The Hall–Kier alpha value is -1.78. The van der Waals surface area contributed by atoms with Crippen LogP contribution >= 0.6 is 24.0 Å². The number of nitrogens with zero attached hydrogens (tertiary/aromatic N) is 6. The SMILES string of the molecule is CN=C(NCc1cnc(N(C)C)n1C)N(C)Cc1ccon1.I. The number of nitrogens with one attached hydrogen (secondary N) is 1. The molecule has 0 radical (unpaired) electrons. The Kier molecular flexibility index (Phi) is 7.33. The third-order valence-corrected chi connectivity index (χ3v) is 3.35. The molecule has 0 unspecified atom stereocenters. The minimum atomic E-state index is 0. The minimum Gasteiger partial charge on any atom is -0.364 e. The van der Waals surface area contributed by atoms with Gasteiger partial charge in [-0.05, 0) is 0 Å². The Morgan fingerprint density at radius 2 is 2.13 bits per heavy atom. The smallest absolute Gasteiger partial charge is 0.204 e. The first-order valence-electron chi connectivity index (χ1n) is 7.02. The second-order valence-electron chi connectivity index (χ2n) is 5.25. The maximum absolute atomic E-state index is 4.85. The van der Waals surface area contributed by atoms with Crippen LogP contribution in [-0.4, -0.2) is 53.8 Å². The Morgan fingerprint density at radius 3 is 2.65 bits per heavy atom. The van der Waals surface area contributed by atoms with Gasteiger partial charge in [0.1, 0.15) is 12.0 Å². The molecule has 9 heteroatoms. The zero-order valence-electron chi connectivity index (χ0n) is 14.1. The van der Waals surface area contributed by atoms with Gasteiger partial charge in [-0.2, -0.15) is 0 Å².